The van der Waals surface area contributed by atoms with E-state index in [1.807, 2.05) is 10.6 Å². The van der Waals surface area contributed by atoms with Crippen LogP contribution in [0.5, 0.6) is 0 Å². The molecule has 3 heterocycles. The lowest BCUT2D eigenvalue weighted by Gasteiger charge is -2.40. The van der Waals surface area contributed by atoms with Crippen molar-refractivity contribution in [3.8, 4) is 0 Å². The minimum Gasteiger partial charge on any atom is -0.386 e. The number of aliphatic hydroxyl groups is 1. The number of rotatable bonds is 3. The van der Waals surface area contributed by atoms with Crippen molar-refractivity contribution in [2.75, 3.05) is 26.2 Å². The van der Waals surface area contributed by atoms with Crippen molar-refractivity contribution < 1.29 is 10.0 Å². The Morgan fingerprint density at radius 3 is 3.11 bits per heavy atom. The number of hydrogen-bond acceptors (Lipinski definition) is 3. The van der Waals surface area contributed by atoms with Crippen molar-refractivity contribution in [3.63, 3.8) is 0 Å². The Kier molecular flexibility index (Phi) is 3.43. The van der Waals surface area contributed by atoms with Crippen LogP contribution in [-0.2, 0) is 6.54 Å². The number of hydrogen-bond donors (Lipinski definition) is 3. The number of aliphatic hydroxyl groups excluding tert-OH is 1. The highest BCUT2D eigenvalue weighted by Crippen LogP contribution is 2.29. The second-order valence-electron chi connectivity index (χ2n) is 5.95. The van der Waals surface area contributed by atoms with Gasteiger partial charge in [-0.05, 0) is 12.5 Å². The highest BCUT2D eigenvalue weighted by Gasteiger charge is 2.37. The summed E-state index contributed by atoms with van der Waals surface area (Å²) in [4.78, 5) is 13.3. The lowest BCUT2D eigenvalue weighted by atomic mass is 9.83. The fourth-order valence-electron chi connectivity index (χ4n) is 3.70. The number of nitrogens with zero attached hydrogens (tertiary/aromatic N) is 1. The second-order valence-corrected chi connectivity index (χ2v) is 5.95. The first-order valence-electron chi connectivity index (χ1n) is 7.09. The maximum Gasteiger partial charge on any atom is 0.250 e. The van der Waals surface area contributed by atoms with E-state index in [1.54, 1.807) is 6.07 Å². The summed E-state index contributed by atoms with van der Waals surface area (Å²) >= 11 is 0. The number of piperidine rings is 1. The molecule has 2 bridgehead atoms. The largest absolute Gasteiger partial charge is 0.386 e. The van der Waals surface area contributed by atoms with Gasteiger partial charge in [0.15, 0.2) is 0 Å². The smallest absolute Gasteiger partial charge is 0.250 e. The topological polar surface area (TPSA) is 72.7 Å². The van der Waals surface area contributed by atoms with E-state index in [0.717, 1.165) is 26.2 Å². The molecule has 1 saturated heterocycles. The number of nitrogens with two attached hydrogens (primary N) is 1. The molecule has 0 aliphatic carbocycles. The fourth-order valence-corrected chi connectivity index (χ4v) is 3.70. The standard InChI is InChI=1S/C14H21N3O2/c15-5-12(18)9-16-6-10-4-11(8-16)13-2-1-3-14(19)17(13)7-10/h1-3,10-12,18H,4-9,15H2/p+1. The first-order valence-corrected chi connectivity index (χ1v) is 7.09. The van der Waals surface area contributed by atoms with Crippen LogP contribution in [0.15, 0.2) is 23.0 Å². The Hall–Kier alpha value is -1.17. The van der Waals surface area contributed by atoms with E-state index >= 15 is 0 Å². The molecule has 2 aliphatic heterocycles. The molecule has 1 fully saturated rings. The predicted molar refractivity (Wildman–Crippen MR) is 72.2 cm³/mol. The Balaban J connectivity index is 1.82. The van der Waals surface area contributed by atoms with Crippen molar-refractivity contribution >= 4 is 0 Å². The van der Waals surface area contributed by atoms with Crippen LogP contribution in [0.25, 0.3) is 0 Å². The molecule has 5 heteroatoms. The van der Waals surface area contributed by atoms with Gasteiger partial charge in [0.25, 0.3) is 5.56 Å². The summed E-state index contributed by atoms with van der Waals surface area (Å²) in [5.74, 6) is 0.993. The molecule has 0 spiro atoms. The normalized spacial score (nSPS) is 30.7. The van der Waals surface area contributed by atoms with Gasteiger partial charge in [0.2, 0.25) is 0 Å². The van der Waals surface area contributed by atoms with Crippen molar-refractivity contribution in [2.24, 2.45) is 11.7 Å². The third kappa shape index (κ3) is 2.45. The quantitative estimate of drug-likeness (QED) is 0.601. The second kappa shape index (κ2) is 5.07. The van der Waals surface area contributed by atoms with Crippen LogP contribution >= 0.6 is 0 Å². The SMILES string of the molecule is NCC(O)C[NH+]1CC2CC(C1)c1cccc(=O)n1C2. The van der Waals surface area contributed by atoms with Crippen LogP contribution in [0.3, 0.4) is 0 Å². The summed E-state index contributed by atoms with van der Waals surface area (Å²) in [6.45, 7) is 3.91. The number of aromatic nitrogens is 1. The minimum atomic E-state index is -0.410. The van der Waals surface area contributed by atoms with Crippen molar-refractivity contribution in [1.29, 1.82) is 0 Å². The Labute approximate surface area is 112 Å². The predicted octanol–water partition coefficient (Wildman–Crippen LogP) is -1.83. The summed E-state index contributed by atoms with van der Waals surface area (Å²) in [5, 5.41) is 9.71. The van der Waals surface area contributed by atoms with E-state index in [-0.39, 0.29) is 5.56 Å². The zero-order valence-electron chi connectivity index (χ0n) is 11.1. The molecule has 1 aromatic heterocycles. The third-order valence-electron chi connectivity index (χ3n) is 4.47. The van der Waals surface area contributed by atoms with Crippen LogP contribution < -0.4 is 16.2 Å². The number of nitrogens with one attached hydrogen (secondary N) is 1. The minimum absolute atomic E-state index is 0.123. The van der Waals surface area contributed by atoms with Gasteiger partial charge in [-0.25, -0.2) is 0 Å². The van der Waals surface area contributed by atoms with Gasteiger partial charge in [0, 0.05) is 36.7 Å². The molecule has 4 unspecified atom stereocenters. The van der Waals surface area contributed by atoms with Gasteiger partial charge in [-0.1, -0.05) is 6.07 Å². The van der Waals surface area contributed by atoms with Crippen LogP contribution in [0.1, 0.15) is 18.0 Å². The molecule has 19 heavy (non-hydrogen) atoms. The summed E-state index contributed by atoms with van der Waals surface area (Å²) in [6.07, 6.45) is 0.762. The van der Waals surface area contributed by atoms with Crippen LogP contribution in [0.4, 0.5) is 0 Å². The molecule has 0 saturated carbocycles. The third-order valence-corrected chi connectivity index (χ3v) is 4.47. The molecule has 0 aromatic carbocycles. The average Bonchev–Trinajstić information content (AvgIpc) is 2.40. The molecule has 1 aromatic rings. The first-order chi connectivity index (χ1) is 9.17. The molecule has 0 amide bonds. The van der Waals surface area contributed by atoms with Crippen LogP contribution in [0.2, 0.25) is 0 Å². The summed E-state index contributed by atoms with van der Waals surface area (Å²) in [6, 6.07) is 5.58. The molecule has 5 nitrogen and oxygen atoms in total. The Bertz CT molecular complexity index is 514. The van der Waals surface area contributed by atoms with E-state index in [1.165, 1.54) is 17.0 Å². The molecular formula is C14H22N3O2+. The van der Waals surface area contributed by atoms with Gasteiger partial charge < -0.3 is 20.3 Å². The lowest BCUT2D eigenvalue weighted by Crippen LogP contribution is -3.15. The maximum absolute atomic E-state index is 11.9. The van der Waals surface area contributed by atoms with Crippen molar-refractivity contribution in [1.82, 2.24) is 4.57 Å². The van der Waals surface area contributed by atoms with E-state index in [4.69, 9.17) is 5.73 Å². The average molecular weight is 264 g/mol. The highest BCUT2D eigenvalue weighted by molar-refractivity contribution is 5.15. The maximum atomic E-state index is 11.9. The van der Waals surface area contributed by atoms with Crippen LogP contribution in [0, 0.1) is 5.92 Å². The molecule has 4 atom stereocenters. The zero-order chi connectivity index (χ0) is 13.4. The van der Waals surface area contributed by atoms with Crippen LogP contribution in [-0.4, -0.2) is 42.0 Å². The summed E-state index contributed by atoms with van der Waals surface area (Å²) in [7, 11) is 0. The van der Waals surface area contributed by atoms with E-state index in [2.05, 4.69) is 6.07 Å². The number of quaternary nitrogens is 1. The number of pyridine rings is 1. The molecule has 3 rings (SSSR count). The Morgan fingerprint density at radius 2 is 2.32 bits per heavy atom. The van der Waals surface area contributed by atoms with Gasteiger partial charge in [0.05, 0.1) is 13.1 Å². The molecule has 104 valence electrons. The lowest BCUT2D eigenvalue weighted by molar-refractivity contribution is -0.913. The van der Waals surface area contributed by atoms with Gasteiger partial charge in [-0.3, -0.25) is 4.79 Å². The van der Waals surface area contributed by atoms with E-state index in [0.29, 0.717) is 18.4 Å². The van der Waals surface area contributed by atoms with Gasteiger partial charge in [0.1, 0.15) is 12.6 Å². The molecule has 2 aliphatic rings. The Morgan fingerprint density at radius 1 is 1.47 bits per heavy atom. The molecular weight excluding hydrogens is 242 g/mol. The molecule has 4 N–H and O–H groups in total. The first kappa shape index (κ1) is 12.8. The molecule has 0 radical (unpaired) electrons. The van der Waals surface area contributed by atoms with Gasteiger partial charge in [-0.15, -0.1) is 0 Å². The van der Waals surface area contributed by atoms with Gasteiger partial charge >= 0.3 is 0 Å². The number of fused-ring (bicyclic) bond motifs is 4. The van der Waals surface area contributed by atoms with E-state index < -0.39 is 6.10 Å². The fraction of sp³-hybridized carbons (Fsp3) is 0.643. The van der Waals surface area contributed by atoms with Crippen molar-refractivity contribution in [3.05, 3.63) is 34.2 Å². The number of likely N-dealkylation sites (tertiary alicyclic amines) is 1. The van der Waals surface area contributed by atoms with Gasteiger partial charge in [-0.2, -0.15) is 0 Å². The van der Waals surface area contributed by atoms with E-state index in [9.17, 15) is 9.90 Å². The van der Waals surface area contributed by atoms with Crippen molar-refractivity contribution in [2.45, 2.75) is 25.0 Å². The summed E-state index contributed by atoms with van der Waals surface area (Å²) < 4.78 is 1.94. The summed E-state index contributed by atoms with van der Waals surface area (Å²) in [5.41, 5.74) is 6.79. The zero-order valence-corrected chi connectivity index (χ0v) is 11.1. The monoisotopic (exact) mass is 264 g/mol. The highest BCUT2D eigenvalue weighted by atomic mass is 16.3.